The van der Waals surface area contributed by atoms with Gasteiger partial charge in [-0.2, -0.15) is 0 Å². The highest BCUT2D eigenvalue weighted by Crippen LogP contribution is 1.89. The molecule has 0 aliphatic rings. The molecule has 0 heterocycles. The van der Waals surface area contributed by atoms with Crippen molar-refractivity contribution in [3.8, 4) is 12.0 Å². The lowest BCUT2D eigenvalue weighted by Gasteiger charge is -1.91. The first-order valence-electron chi connectivity index (χ1n) is 2.50. The van der Waals surface area contributed by atoms with Gasteiger partial charge in [-0.1, -0.05) is 18.2 Å². The molecule has 0 atom stereocenters. The summed E-state index contributed by atoms with van der Waals surface area (Å²) in [5, 5.41) is 0. The molecular weight excluding hydrogens is 130 g/mol. The Labute approximate surface area is 59.2 Å². The minimum Gasteiger partial charge on any atom is -0.393 e. The van der Waals surface area contributed by atoms with Gasteiger partial charge in [-0.05, 0) is 0 Å². The van der Waals surface area contributed by atoms with E-state index in [0.717, 1.165) is 0 Å². The van der Waals surface area contributed by atoms with Crippen molar-refractivity contribution < 1.29 is 9.53 Å². The molecular formula is C7H7NO2. The predicted octanol–water partition coefficient (Wildman–Crippen LogP) is 0.138. The van der Waals surface area contributed by atoms with Crippen LogP contribution in [0.1, 0.15) is 6.92 Å². The zero-order valence-corrected chi connectivity index (χ0v) is 5.60. The van der Waals surface area contributed by atoms with Crippen LogP contribution in [0.4, 0.5) is 0 Å². The summed E-state index contributed by atoms with van der Waals surface area (Å²) in [7, 11) is 0. The molecule has 0 bridgehead atoms. The molecule has 10 heavy (non-hydrogen) atoms. The molecule has 0 spiro atoms. The highest BCUT2D eigenvalue weighted by atomic mass is 16.5. The second-order valence-electron chi connectivity index (χ2n) is 1.32. The van der Waals surface area contributed by atoms with Crippen LogP contribution in [0.5, 0.6) is 0 Å². The summed E-state index contributed by atoms with van der Waals surface area (Å²) in [5.41, 5.74) is 7.02. The van der Waals surface area contributed by atoms with E-state index in [2.05, 4.69) is 29.1 Å². The third kappa shape index (κ3) is 2.61. The number of hydrogen-bond acceptors (Lipinski definition) is 2. The Morgan fingerprint density at radius 1 is 1.70 bits per heavy atom. The first-order chi connectivity index (χ1) is 4.72. The molecule has 2 N–H and O–H groups in total. The number of hydrogen-bond donors (Lipinski definition) is 1. The van der Waals surface area contributed by atoms with Gasteiger partial charge in [0, 0.05) is 6.92 Å². The van der Waals surface area contributed by atoms with Crippen LogP contribution in [-0.2, 0) is 9.53 Å². The van der Waals surface area contributed by atoms with Crippen molar-refractivity contribution in [2.75, 3.05) is 0 Å². The molecule has 0 radical (unpaired) electrons. The van der Waals surface area contributed by atoms with E-state index < -0.39 is 5.91 Å². The summed E-state index contributed by atoms with van der Waals surface area (Å²) in [6, 6.07) is 0. The molecule has 1 amide bonds. The van der Waals surface area contributed by atoms with Crippen molar-refractivity contribution in [1.29, 1.82) is 0 Å². The molecule has 0 unspecified atom stereocenters. The maximum absolute atomic E-state index is 10.3. The van der Waals surface area contributed by atoms with Crippen molar-refractivity contribution >= 4 is 5.91 Å². The highest BCUT2D eigenvalue weighted by molar-refractivity contribution is 5.89. The van der Waals surface area contributed by atoms with Crippen molar-refractivity contribution in [1.82, 2.24) is 0 Å². The lowest BCUT2D eigenvalue weighted by molar-refractivity contribution is -0.116. The van der Waals surface area contributed by atoms with E-state index in [1.165, 1.54) is 0 Å². The first-order valence-corrected chi connectivity index (χ1v) is 2.50. The van der Waals surface area contributed by atoms with Crippen LogP contribution < -0.4 is 5.73 Å². The second-order valence-corrected chi connectivity index (χ2v) is 1.32. The zero-order chi connectivity index (χ0) is 7.98. The molecule has 0 aliphatic carbocycles. The van der Waals surface area contributed by atoms with Gasteiger partial charge in [0.1, 0.15) is 6.11 Å². The third-order valence-corrected chi connectivity index (χ3v) is 0.640. The third-order valence-electron chi connectivity index (χ3n) is 0.640. The van der Waals surface area contributed by atoms with Gasteiger partial charge in [0.15, 0.2) is 0 Å². The lowest BCUT2D eigenvalue weighted by atomic mass is 10.5. The van der Waals surface area contributed by atoms with E-state index in [-0.39, 0.29) is 5.76 Å². The molecule has 0 aromatic rings. The van der Waals surface area contributed by atoms with Gasteiger partial charge in [-0.15, -0.1) is 0 Å². The second kappa shape index (κ2) is 4.25. The molecule has 52 valence electrons. The van der Waals surface area contributed by atoms with E-state index in [1.807, 2.05) is 0 Å². The summed E-state index contributed by atoms with van der Waals surface area (Å²) in [5.74, 6) is 1.54. The number of carbonyl (C=O) groups excluding carboxylic acids is 1. The van der Waals surface area contributed by atoms with Crippen molar-refractivity contribution in [2.45, 2.75) is 6.92 Å². The first kappa shape index (κ1) is 8.35. The minimum atomic E-state index is -0.724. The SMILES string of the molecule is C=C=C(OC#CC)C(N)=O. The summed E-state index contributed by atoms with van der Waals surface area (Å²) in [4.78, 5) is 10.3. The van der Waals surface area contributed by atoms with Gasteiger partial charge in [-0.25, -0.2) is 0 Å². The molecule has 0 saturated heterocycles. The number of nitrogens with two attached hydrogens (primary N) is 1. The summed E-state index contributed by atoms with van der Waals surface area (Å²) in [6.45, 7) is 4.75. The molecule has 0 aliphatic heterocycles. The number of amides is 1. The summed E-state index contributed by atoms with van der Waals surface area (Å²) in [6.07, 6.45) is 2.19. The van der Waals surface area contributed by atoms with Crippen LogP contribution in [0.25, 0.3) is 0 Å². The Morgan fingerprint density at radius 2 is 2.30 bits per heavy atom. The standard InChI is InChI=1S/C7H7NO2/c1-3-5-10-6(4-2)7(8)9/h2H2,1H3,(H2,8,9). The van der Waals surface area contributed by atoms with Crippen molar-refractivity contribution in [2.24, 2.45) is 5.73 Å². The van der Waals surface area contributed by atoms with Crippen molar-refractivity contribution in [3.63, 3.8) is 0 Å². The highest BCUT2D eigenvalue weighted by Gasteiger charge is 2.01. The zero-order valence-electron chi connectivity index (χ0n) is 5.60. The Bertz CT molecular complexity index is 238. The molecule has 0 rings (SSSR count). The Balaban J connectivity index is 4.22. The smallest absolute Gasteiger partial charge is 0.293 e. The molecule has 0 aromatic carbocycles. The van der Waals surface area contributed by atoms with Gasteiger partial charge >= 0.3 is 0 Å². The Kier molecular flexibility index (Phi) is 3.55. The summed E-state index contributed by atoms with van der Waals surface area (Å²) >= 11 is 0. The van der Waals surface area contributed by atoms with Gasteiger partial charge in [0.2, 0.25) is 5.76 Å². The Hall–Kier alpha value is -1.65. The minimum absolute atomic E-state index is 0.158. The fourth-order valence-electron chi connectivity index (χ4n) is 0.276. The quantitative estimate of drug-likeness (QED) is 0.255. The fourth-order valence-corrected chi connectivity index (χ4v) is 0.276. The van der Waals surface area contributed by atoms with E-state index in [0.29, 0.717) is 0 Å². The molecule has 0 aromatic heterocycles. The normalized spacial score (nSPS) is 6.50. The molecule has 3 nitrogen and oxygen atoms in total. The van der Waals surface area contributed by atoms with Gasteiger partial charge in [0.05, 0.1) is 0 Å². The van der Waals surface area contributed by atoms with E-state index in [1.54, 1.807) is 6.92 Å². The molecule has 0 fully saturated rings. The van der Waals surface area contributed by atoms with E-state index in [4.69, 9.17) is 5.73 Å². The molecule has 0 saturated carbocycles. The average molecular weight is 137 g/mol. The van der Waals surface area contributed by atoms with Crippen LogP contribution in [0.3, 0.4) is 0 Å². The van der Waals surface area contributed by atoms with E-state index in [9.17, 15) is 4.79 Å². The Morgan fingerprint density at radius 3 is 2.60 bits per heavy atom. The van der Waals surface area contributed by atoms with Crippen LogP contribution >= 0.6 is 0 Å². The number of carbonyl (C=O) groups is 1. The average Bonchev–Trinajstić information content (AvgIpc) is 1.89. The molecule has 3 heteroatoms. The largest absolute Gasteiger partial charge is 0.393 e. The number of ether oxygens (including phenoxy) is 1. The van der Waals surface area contributed by atoms with Crippen molar-refractivity contribution in [3.05, 3.63) is 18.1 Å². The predicted molar refractivity (Wildman–Crippen MR) is 36.4 cm³/mol. The maximum Gasteiger partial charge on any atom is 0.293 e. The van der Waals surface area contributed by atoms with Gasteiger partial charge in [-0.3, -0.25) is 4.79 Å². The maximum atomic E-state index is 10.3. The van der Waals surface area contributed by atoms with Crippen LogP contribution in [0, 0.1) is 12.0 Å². The monoisotopic (exact) mass is 137 g/mol. The number of rotatable bonds is 2. The van der Waals surface area contributed by atoms with Gasteiger partial charge < -0.3 is 10.5 Å². The lowest BCUT2D eigenvalue weighted by Crippen LogP contribution is -2.14. The number of primary amides is 1. The van der Waals surface area contributed by atoms with E-state index >= 15 is 0 Å². The van der Waals surface area contributed by atoms with Crippen LogP contribution in [0.2, 0.25) is 0 Å². The van der Waals surface area contributed by atoms with Gasteiger partial charge in [0.25, 0.3) is 5.91 Å². The topological polar surface area (TPSA) is 52.3 Å². The summed E-state index contributed by atoms with van der Waals surface area (Å²) < 4.78 is 4.51. The van der Waals surface area contributed by atoms with Crippen LogP contribution in [0.15, 0.2) is 18.1 Å². The fraction of sp³-hybridized carbons (Fsp3) is 0.143. The van der Waals surface area contributed by atoms with Crippen LogP contribution in [-0.4, -0.2) is 5.91 Å².